The normalized spacial score (nSPS) is 24.2. The topological polar surface area (TPSA) is 60.2 Å². The molecule has 1 aromatic heterocycles. The van der Waals surface area contributed by atoms with Crippen LogP contribution in [0, 0.1) is 6.92 Å². The zero-order chi connectivity index (χ0) is 8.39. The first-order chi connectivity index (χ1) is 5.86. The van der Waals surface area contributed by atoms with Gasteiger partial charge in [-0.1, -0.05) is 0 Å². The molecule has 0 amide bonds. The molecule has 12 heavy (non-hydrogen) atoms. The Bertz CT molecular complexity index is 255. The molecule has 1 aliphatic rings. The maximum atomic E-state index is 5.26. The molecule has 0 aliphatic carbocycles. The first kappa shape index (κ1) is 7.70. The summed E-state index contributed by atoms with van der Waals surface area (Å²) in [6.07, 6.45) is 0. The van der Waals surface area contributed by atoms with Gasteiger partial charge in [-0.2, -0.15) is 0 Å². The average molecular weight is 169 g/mol. The van der Waals surface area contributed by atoms with Gasteiger partial charge in [-0.3, -0.25) is 0 Å². The second-order valence-electron chi connectivity index (χ2n) is 2.74. The van der Waals surface area contributed by atoms with Crippen molar-refractivity contribution in [3.05, 3.63) is 11.8 Å². The molecule has 2 heterocycles. The van der Waals surface area contributed by atoms with Gasteiger partial charge in [0.1, 0.15) is 6.04 Å². The minimum absolute atomic E-state index is 0.0694. The van der Waals surface area contributed by atoms with Crippen LogP contribution in [0.3, 0.4) is 0 Å². The molecule has 1 aromatic rings. The van der Waals surface area contributed by atoms with Crippen LogP contribution in [-0.4, -0.2) is 30.0 Å². The molecule has 0 aromatic carbocycles. The summed E-state index contributed by atoms with van der Waals surface area (Å²) in [7, 11) is 0. The van der Waals surface area contributed by atoms with Gasteiger partial charge in [-0.05, 0) is 0 Å². The number of nitrogens with zero attached hydrogens (tertiary/aromatic N) is 2. The van der Waals surface area contributed by atoms with E-state index in [-0.39, 0.29) is 6.04 Å². The van der Waals surface area contributed by atoms with Crippen molar-refractivity contribution in [2.75, 3.05) is 19.8 Å². The van der Waals surface area contributed by atoms with Gasteiger partial charge in [0.25, 0.3) is 0 Å². The summed E-state index contributed by atoms with van der Waals surface area (Å²) < 4.78 is 10.5. The fraction of sp³-hybridized carbons (Fsp3) is 0.714. The third-order valence-corrected chi connectivity index (χ3v) is 1.76. The molecule has 5 heteroatoms. The summed E-state index contributed by atoms with van der Waals surface area (Å²) in [5.74, 6) is 1.21. The first-order valence-electron chi connectivity index (χ1n) is 3.97. The van der Waals surface area contributed by atoms with Crippen LogP contribution in [0.15, 0.2) is 4.42 Å². The monoisotopic (exact) mass is 169 g/mol. The lowest BCUT2D eigenvalue weighted by molar-refractivity contribution is 0.0678. The number of ether oxygens (including phenoxy) is 1. The van der Waals surface area contributed by atoms with Gasteiger partial charge in [0.2, 0.25) is 11.8 Å². The van der Waals surface area contributed by atoms with E-state index in [9.17, 15) is 0 Å². The van der Waals surface area contributed by atoms with E-state index < -0.39 is 0 Å². The quantitative estimate of drug-likeness (QED) is 0.643. The van der Waals surface area contributed by atoms with Gasteiger partial charge in [0.05, 0.1) is 13.2 Å². The van der Waals surface area contributed by atoms with Crippen LogP contribution in [0.2, 0.25) is 0 Å². The number of aromatic nitrogens is 2. The molecule has 0 bridgehead atoms. The highest BCUT2D eigenvalue weighted by Gasteiger charge is 2.20. The third-order valence-electron chi connectivity index (χ3n) is 1.76. The summed E-state index contributed by atoms with van der Waals surface area (Å²) in [5.41, 5.74) is 0. The van der Waals surface area contributed by atoms with Crippen LogP contribution in [0.1, 0.15) is 17.8 Å². The fourth-order valence-electron chi connectivity index (χ4n) is 1.18. The SMILES string of the molecule is Cc1nnc([C@H]2COCCN2)o1. The minimum atomic E-state index is 0.0694. The lowest BCUT2D eigenvalue weighted by Gasteiger charge is -2.20. The van der Waals surface area contributed by atoms with Crippen molar-refractivity contribution in [3.8, 4) is 0 Å². The van der Waals surface area contributed by atoms with Crippen LogP contribution in [0.5, 0.6) is 0 Å². The number of nitrogens with one attached hydrogen (secondary N) is 1. The van der Waals surface area contributed by atoms with Crippen molar-refractivity contribution >= 4 is 0 Å². The van der Waals surface area contributed by atoms with Crippen molar-refractivity contribution in [2.45, 2.75) is 13.0 Å². The van der Waals surface area contributed by atoms with Crippen molar-refractivity contribution in [1.29, 1.82) is 0 Å². The van der Waals surface area contributed by atoms with Crippen molar-refractivity contribution in [1.82, 2.24) is 15.5 Å². The molecule has 0 unspecified atom stereocenters. The Morgan fingerprint density at radius 3 is 3.00 bits per heavy atom. The van der Waals surface area contributed by atoms with Crippen molar-refractivity contribution in [2.24, 2.45) is 0 Å². The first-order valence-corrected chi connectivity index (χ1v) is 3.97. The van der Waals surface area contributed by atoms with Gasteiger partial charge in [-0.15, -0.1) is 10.2 Å². The van der Waals surface area contributed by atoms with E-state index in [1.54, 1.807) is 6.92 Å². The van der Waals surface area contributed by atoms with Gasteiger partial charge in [0, 0.05) is 13.5 Å². The molecule has 1 aliphatic heterocycles. The summed E-state index contributed by atoms with van der Waals surface area (Å²) >= 11 is 0. The Labute approximate surface area is 70.1 Å². The summed E-state index contributed by atoms with van der Waals surface area (Å²) in [4.78, 5) is 0. The molecular weight excluding hydrogens is 158 g/mol. The maximum Gasteiger partial charge on any atom is 0.235 e. The highest BCUT2D eigenvalue weighted by molar-refractivity contribution is 4.90. The van der Waals surface area contributed by atoms with Crippen molar-refractivity contribution < 1.29 is 9.15 Å². The molecule has 66 valence electrons. The Hall–Kier alpha value is -0.940. The molecule has 0 radical (unpaired) electrons. The van der Waals surface area contributed by atoms with Gasteiger partial charge in [0.15, 0.2) is 0 Å². The zero-order valence-electron chi connectivity index (χ0n) is 6.91. The molecule has 1 N–H and O–H groups in total. The van der Waals surface area contributed by atoms with E-state index in [0.29, 0.717) is 18.4 Å². The Morgan fingerprint density at radius 2 is 2.42 bits per heavy atom. The Balaban J connectivity index is 2.08. The highest BCUT2D eigenvalue weighted by Crippen LogP contribution is 2.13. The predicted octanol–water partition coefficient (Wildman–Crippen LogP) is 0.0389. The highest BCUT2D eigenvalue weighted by atomic mass is 16.5. The third kappa shape index (κ3) is 1.46. The van der Waals surface area contributed by atoms with E-state index in [1.807, 2.05) is 0 Å². The number of morpholine rings is 1. The van der Waals surface area contributed by atoms with Crippen molar-refractivity contribution in [3.63, 3.8) is 0 Å². The second kappa shape index (κ2) is 3.20. The summed E-state index contributed by atoms with van der Waals surface area (Å²) in [5, 5.41) is 10.9. The molecule has 0 saturated carbocycles. The number of aryl methyl sites for hydroxylation is 1. The van der Waals surface area contributed by atoms with Crippen LogP contribution in [0.4, 0.5) is 0 Å². The smallest absolute Gasteiger partial charge is 0.235 e. The summed E-state index contributed by atoms with van der Waals surface area (Å²) in [6, 6.07) is 0.0694. The van der Waals surface area contributed by atoms with Crippen LogP contribution < -0.4 is 5.32 Å². The molecule has 1 saturated heterocycles. The number of rotatable bonds is 1. The summed E-state index contributed by atoms with van der Waals surface area (Å²) in [6.45, 7) is 3.98. The zero-order valence-corrected chi connectivity index (χ0v) is 6.91. The van der Waals surface area contributed by atoms with E-state index >= 15 is 0 Å². The molecular formula is C7H11N3O2. The van der Waals surface area contributed by atoms with Crippen LogP contribution in [0.25, 0.3) is 0 Å². The van der Waals surface area contributed by atoms with Crippen LogP contribution >= 0.6 is 0 Å². The van der Waals surface area contributed by atoms with E-state index in [0.717, 1.165) is 13.2 Å². The molecule has 1 atom stereocenters. The van der Waals surface area contributed by atoms with E-state index in [4.69, 9.17) is 9.15 Å². The maximum absolute atomic E-state index is 5.26. The lowest BCUT2D eigenvalue weighted by atomic mass is 10.3. The van der Waals surface area contributed by atoms with E-state index in [1.165, 1.54) is 0 Å². The van der Waals surface area contributed by atoms with E-state index in [2.05, 4.69) is 15.5 Å². The fourth-order valence-corrected chi connectivity index (χ4v) is 1.18. The van der Waals surface area contributed by atoms with Gasteiger partial charge < -0.3 is 14.5 Å². The second-order valence-corrected chi connectivity index (χ2v) is 2.74. The van der Waals surface area contributed by atoms with Gasteiger partial charge >= 0.3 is 0 Å². The molecule has 2 rings (SSSR count). The minimum Gasteiger partial charge on any atom is -0.424 e. The average Bonchev–Trinajstić information content (AvgIpc) is 2.54. The largest absolute Gasteiger partial charge is 0.424 e. The molecule has 1 fully saturated rings. The standard InChI is InChI=1S/C7H11N3O2/c1-5-9-10-7(12-5)6-4-11-3-2-8-6/h6,8H,2-4H2,1H3/t6-/m1/s1. The number of hydrogen-bond donors (Lipinski definition) is 1. The predicted molar refractivity (Wildman–Crippen MR) is 40.6 cm³/mol. The van der Waals surface area contributed by atoms with Crippen LogP contribution in [-0.2, 0) is 4.74 Å². The Kier molecular flexibility index (Phi) is 2.05. The molecule has 0 spiro atoms. The lowest BCUT2D eigenvalue weighted by Crippen LogP contribution is -2.34. The molecule has 5 nitrogen and oxygen atoms in total. The van der Waals surface area contributed by atoms with Gasteiger partial charge in [-0.25, -0.2) is 0 Å². The number of hydrogen-bond acceptors (Lipinski definition) is 5. The Morgan fingerprint density at radius 1 is 1.50 bits per heavy atom.